The molecule has 0 saturated heterocycles. The Balaban J connectivity index is 2.02. The maximum atomic E-state index is 5.90. The predicted molar refractivity (Wildman–Crippen MR) is 83.4 cm³/mol. The van der Waals surface area contributed by atoms with E-state index < -0.39 is 0 Å². The molecule has 0 aliphatic heterocycles. The minimum atomic E-state index is 0.304. The van der Waals surface area contributed by atoms with Crippen molar-refractivity contribution < 1.29 is 0 Å². The van der Waals surface area contributed by atoms with E-state index in [0.717, 1.165) is 5.02 Å². The first-order valence-corrected chi connectivity index (χ1v) is 7.82. The van der Waals surface area contributed by atoms with Gasteiger partial charge in [0, 0.05) is 22.0 Å². The number of halogens is 2. The van der Waals surface area contributed by atoms with Gasteiger partial charge in [0.25, 0.3) is 0 Å². The monoisotopic (exact) mass is 343 g/mol. The van der Waals surface area contributed by atoms with Crippen molar-refractivity contribution in [1.29, 1.82) is 0 Å². The minimum Gasteiger partial charge on any atom is -0.303 e. The zero-order valence-electron chi connectivity index (χ0n) is 10.3. The molecule has 2 rings (SSSR count). The van der Waals surface area contributed by atoms with Crippen LogP contribution in [0.5, 0.6) is 0 Å². The SMILES string of the molecule is CC(N[C@H](C)c1ccc(Cl)cc1)c1ccc(Br)s1. The maximum absolute atomic E-state index is 5.90. The van der Waals surface area contributed by atoms with Crippen LogP contribution in [0.15, 0.2) is 40.2 Å². The minimum absolute atomic E-state index is 0.304. The third-order valence-electron chi connectivity index (χ3n) is 2.89. The van der Waals surface area contributed by atoms with Gasteiger partial charge < -0.3 is 5.32 Å². The van der Waals surface area contributed by atoms with Crippen LogP contribution in [-0.2, 0) is 0 Å². The van der Waals surface area contributed by atoms with Gasteiger partial charge in [-0.1, -0.05) is 23.7 Å². The molecule has 0 fully saturated rings. The molecule has 4 heteroatoms. The van der Waals surface area contributed by atoms with Crippen molar-refractivity contribution >= 4 is 38.9 Å². The zero-order chi connectivity index (χ0) is 13.1. The van der Waals surface area contributed by atoms with E-state index in [4.69, 9.17) is 11.6 Å². The van der Waals surface area contributed by atoms with Crippen LogP contribution in [0.1, 0.15) is 36.4 Å². The van der Waals surface area contributed by atoms with E-state index in [0.29, 0.717) is 12.1 Å². The molecule has 0 saturated carbocycles. The fraction of sp³-hybridized carbons (Fsp3) is 0.286. The number of hydrogen-bond acceptors (Lipinski definition) is 2. The van der Waals surface area contributed by atoms with E-state index >= 15 is 0 Å². The molecule has 2 aromatic rings. The molecule has 0 aliphatic carbocycles. The average Bonchev–Trinajstić information content (AvgIpc) is 2.76. The molecular weight excluding hydrogens is 330 g/mol. The van der Waals surface area contributed by atoms with Crippen molar-refractivity contribution in [3.05, 3.63) is 55.6 Å². The number of nitrogens with one attached hydrogen (secondary N) is 1. The molecule has 18 heavy (non-hydrogen) atoms. The Labute approximate surface area is 125 Å². The number of benzene rings is 1. The molecule has 0 amide bonds. The van der Waals surface area contributed by atoms with Gasteiger partial charge in [0.2, 0.25) is 0 Å². The van der Waals surface area contributed by atoms with Gasteiger partial charge in [-0.2, -0.15) is 0 Å². The molecule has 0 radical (unpaired) electrons. The highest BCUT2D eigenvalue weighted by molar-refractivity contribution is 9.11. The molecule has 2 atom stereocenters. The Morgan fingerprint density at radius 2 is 1.72 bits per heavy atom. The average molecular weight is 345 g/mol. The maximum Gasteiger partial charge on any atom is 0.0701 e. The molecule has 1 unspecified atom stereocenters. The first-order valence-electron chi connectivity index (χ1n) is 5.83. The Morgan fingerprint density at radius 1 is 1.06 bits per heavy atom. The number of thiophene rings is 1. The highest BCUT2D eigenvalue weighted by atomic mass is 79.9. The third kappa shape index (κ3) is 3.58. The second-order valence-electron chi connectivity index (χ2n) is 4.30. The predicted octanol–water partition coefficient (Wildman–Crippen LogP) is 5.58. The molecule has 1 aromatic carbocycles. The lowest BCUT2D eigenvalue weighted by atomic mass is 10.1. The first-order chi connectivity index (χ1) is 8.56. The van der Waals surface area contributed by atoms with Crippen molar-refractivity contribution in [1.82, 2.24) is 5.32 Å². The molecule has 1 nitrogen and oxygen atoms in total. The largest absolute Gasteiger partial charge is 0.303 e. The lowest BCUT2D eigenvalue weighted by Crippen LogP contribution is -2.21. The molecule has 0 bridgehead atoms. The fourth-order valence-corrected chi connectivity index (χ4v) is 3.43. The van der Waals surface area contributed by atoms with Crippen LogP contribution in [0.2, 0.25) is 5.02 Å². The van der Waals surface area contributed by atoms with Crippen LogP contribution in [0.4, 0.5) is 0 Å². The Hall–Kier alpha value is -0.350. The van der Waals surface area contributed by atoms with Gasteiger partial charge in [-0.25, -0.2) is 0 Å². The van der Waals surface area contributed by atoms with Crippen molar-refractivity contribution in [2.24, 2.45) is 0 Å². The van der Waals surface area contributed by atoms with E-state index in [-0.39, 0.29) is 0 Å². The highest BCUT2D eigenvalue weighted by Gasteiger charge is 2.12. The topological polar surface area (TPSA) is 12.0 Å². The quantitative estimate of drug-likeness (QED) is 0.764. The van der Waals surface area contributed by atoms with Crippen molar-refractivity contribution in [3.63, 3.8) is 0 Å². The van der Waals surface area contributed by atoms with Crippen molar-refractivity contribution in [3.8, 4) is 0 Å². The van der Waals surface area contributed by atoms with Gasteiger partial charge in [-0.3, -0.25) is 0 Å². The molecular formula is C14H15BrClNS. The smallest absolute Gasteiger partial charge is 0.0701 e. The molecule has 1 aromatic heterocycles. The lowest BCUT2D eigenvalue weighted by molar-refractivity contribution is 0.500. The summed E-state index contributed by atoms with van der Waals surface area (Å²) >= 11 is 11.2. The summed E-state index contributed by atoms with van der Waals surface area (Å²) in [6.45, 7) is 4.35. The molecule has 0 spiro atoms. The molecule has 1 N–H and O–H groups in total. The Kier molecular flexibility index (Phi) is 4.84. The van der Waals surface area contributed by atoms with E-state index in [1.165, 1.54) is 14.2 Å². The summed E-state index contributed by atoms with van der Waals surface area (Å²) in [5.41, 5.74) is 1.25. The summed E-state index contributed by atoms with van der Waals surface area (Å²) in [5.74, 6) is 0. The lowest BCUT2D eigenvalue weighted by Gasteiger charge is -2.19. The highest BCUT2D eigenvalue weighted by Crippen LogP contribution is 2.28. The second-order valence-corrected chi connectivity index (χ2v) is 7.23. The summed E-state index contributed by atoms with van der Waals surface area (Å²) in [6.07, 6.45) is 0. The Bertz CT molecular complexity index is 509. The van der Waals surface area contributed by atoms with E-state index in [9.17, 15) is 0 Å². The van der Waals surface area contributed by atoms with Crippen molar-refractivity contribution in [2.45, 2.75) is 25.9 Å². The van der Waals surface area contributed by atoms with Gasteiger partial charge >= 0.3 is 0 Å². The van der Waals surface area contributed by atoms with Crippen LogP contribution >= 0.6 is 38.9 Å². The fourth-order valence-electron chi connectivity index (χ4n) is 1.87. The number of hydrogen-bond donors (Lipinski definition) is 1. The zero-order valence-corrected chi connectivity index (χ0v) is 13.4. The van der Waals surface area contributed by atoms with Gasteiger partial charge in [-0.15, -0.1) is 11.3 Å². The van der Waals surface area contributed by atoms with E-state index in [1.807, 2.05) is 12.1 Å². The van der Waals surface area contributed by atoms with E-state index in [1.54, 1.807) is 11.3 Å². The van der Waals surface area contributed by atoms with Crippen LogP contribution < -0.4 is 5.32 Å². The van der Waals surface area contributed by atoms with E-state index in [2.05, 4.69) is 59.4 Å². The molecule has 0 aliphatic rings. The second kappa shape index (κ2) is 6.20. The standard InChI is InChI=1S/C14H15BrClNS/c1-9(11-3-5-12(16)6-4-11)17-10(2)13-7-8-14(15)18-13/h3-10,17H,1-2H3/t9-,10?/m1/s1. The van der Waals surface area contributed by atoms with Crippen LogP contribution in [-0.4, -0.2) is 0 Å². The summed E-state index contributed by atoms with van der Waals surface area (Å²) in [7, 11) is 0. The molecule has 96 valence electrons. The normalized spacial score (nSPS) is 14.4. The first kappa shape index (κ1) is 14.1. The van der Waals surface area contributed by atoms with Gasteiger partial charge in [0.1, 0.15) is 0 Å². The Morgan fingerprint density at radius 3 is 2.28 bits per heavy atom. The summed E-state index contributed by atoms with van der Waals surface area (Å²) in [4.78, 5) is 1.34. The van der Waals surface area contributed by atoms with Crippen LogP contribution in [0.3, 0.4) is 0 Å². The van der Waals surface area contributed by atoms with Gasteiger partial charge in [-0.05, 0) is 59.6 Å². The third-order valence-corrected chi connectivity index (χ3v) is 4.95. The molecule has 1 heterocycles. The van der Waals surface area contributed by atoms with Crippen LogP contribution in [0.25, 0.3) is 0 Å². The van der Waals surface area contributed by atoms with Crippen LogP contribution in [0, 0.1) is 0 Å². The summed E-state index contributed by atoms with van der Waals surface area (Å²) < 4.78 is 1.17. The van der Waals surface area contributed by atoms with Gasteiger partial charge in [0.15, 0.2) is 0 Å². The summed E-state index contributed by atoms with van der Waals surface area (Å²) in [5, 5.41) is 4.37. The number of rotatable bonds is 4. The van der Waals surface area contributed by atoms with Gasteiger partial charge in [0.05, 0.1) is 3.79 Å². The summed E-state index contributed by atoms with van der Waals surface area (Å²) in [6, 6.07) is 12.9. The van der Waals surface area contributed by atoms with Crippen molar-refractivity contribution in [2.75, 3.05) is 0 Å².